The first kappa shape index (κ1) is 22.1. The molecule has 1 aromatic rings. The molecule has 0 unspecified atom stereocenters. The number of benzene rings is 1. The summed E-state index contributed by atoms with van der Waals surface area (Å²) >= 11 is 2.33. The van der Waals surface area contributed by atoms with Crippen molar-refractivity contribution in [1.29, 1.82) is 0 Å². The third kappa shape index (κ3) is 8.94. The molecule has 0 spiro atoms. The zero-order valence-corrected chi connectivity index (χ0v) is 18.6. The fourth-order valence-corrected chi connectivity index (χ4v) is 5.26. The standard InChI is InChI=1S/C19H33IO3Si/c1-4-7-14-21-24(22-15-8-5-2,23-16-9-6-3)17-18-10-12-19(20)13-11-18/h10-13H,4-9,14-17H2,1-3H3. The molecule has 5 heteroatoms. The van der Waals surface area contributed by atoms with Crippen molar-refractivity contribution in [2.24, 2.45) is 0 Å². The van der Waals surface area contributed by atoms with Gasteiger partial charge >= 0.3 is 8.80 Å². The van der Waals surface area contributed by atoms with Crippen LogP contribution < -0.4 is 0 Å². The predicted molar refractivity (Wildman–Crippen MR) is 111 cm³/mol. The Morgan fingerprint density at radius 3 is 1.54 bits per heavy atom. The van der Waals surface area contributed by atoms with Crippen LogP contribution >= 0.6 is 22.6 Å². The number of hydrogen-bond acceptors (Lipinski definition) is 3. The van der Waals surface area contributed by atoms with Gasteiger partial charge in [0, 0.05) is 29.4 Å². The van der Waals surface area contributed by atoms with E-state index in [0.717, 1.165) is 64.4 Å². The summed E-state index contributed by atoms with van der Waals surface area (Å²) in [5, 5.41) is 0. The largest absolute Gasteiger partial charge is 0.505 e. The molecule has 24 heavy (non-hydrogen) atoms. The van der Waals surface area contributed by atoms with Gasteiger partial charge in [-0.3, -0.25) is 0 Å². The SMILES string of the molecule is CCCCO[Si](Cc1ccc(I)cc1)(OCCCC)OCCCC. The number of halogens is 1. The van der Waals surface area contributed by atoms with Crippen molar-refractivity contribution in [2.45, 2.75) is 65.3 Å². The summed E-state index contributed by atoms with van der Waals surface area (Å²) in [4.78, 5) is 0. The van der Waals surface area contributed by atoms with Gasteiger partial charge in [-0.25, -0.2) is 0 Å². The molecule has 0 saturated heterocycles. The molecule has 0 radical (unpaired) electrons. The van der Waals surface area contributed by atoms with Crippen molar-refractivity contribution < 1.29 is 13.3 Å². The van der Waals surface area contributed by atoms with Gasteiger partial charge in [-0.05, 0) is 59.5 Å². The van der Waals surface area contributed by atoms with Gasteiger partial charge in [-0.2, -0.15) is 0 Å². The van der Waals surface area contributed by atoms with Gasteiger partial charge in [0.1, 0.15) is 0 Å². The fraction of sp³-hybridized carbons (Fsp3) is 0.684. The lowest BCUT2D eigenvalue weighted by Gasteiger charge is -2.30. The Balaban J connectivity index is 2.84. The van der Waals surface area contributed by atoms with Gasteiger partial charge < -0.3 is 13.3 Å². The molecule has 3 nitrogen and oxygen atoms in total. The Bertz CT molecular complexity index is 399. The Hall–Kier alpha value is 0.0469. The Labute approximate surface area is 163 Å². The van der Waals surface area contributed by atoms with Crippen LogP contribution in [0.25, 0.3) is 0 Å². The van der Waals surface area contributed by atoms with E-state index in [4.69, 9.17) is 13.3 Å². The molecule has 0 aliphatic rings. The minimum absolute atomic E-state index is 0.728. The average molecular weight is 464 g/mol. The van der Waals surface area contributed by atoms with Crippen LogP contribution in [0.1, 0.15) is 64.9 Å². The normalized spacial score (nSPS) is 11.8. The molecule has 0 saturated carbocycles. The number of unbranched alkanes of at least 4 members (excludes halogenated alkanes) is 3. The number of hydrogen-bond donors (Lipinski definition) is 0. The van der Waals surface area contributed by atoms with E-state index in [1.54, 1.807) is 0 Å². The summed E-state index contributed by atoms with van der Waals surface area (Å²) < 4.78 is 20.1. The maximum absolute atomic E-state index is 6.29. The lowest BCUT2D eigenvalue weighted by Crippen LogP contribution is -2.49. The molecule has 0 atom stereocenters. The highest BCUT2D eigenvalue weighted by molar-refractivity contribution is 14.1. The van der Waals surface area contributed by atoms with Gasteiger partial charge in [-0.1, -0.05) is 52.2 Å². The molecule has 0 bridgehead atoms. The third-order valence-corrected chi connectivity index (χ3v) is 7.29. The molecule has 1 rings (SSSR count). The van der Waals surface area contributed by atoms with Crippen LogP contribution in [0.5, 0.6) is 0 Å². The van der Waals surface area contributed by atoms with Crippen molar-refractivity contribution in [3.8, 4) is 0 Å². The van der Waals surface area contributed by atoms with E-state index >= 15 is 0 Å². The number of rotatable bonds is 14. The summed E-state index contributed by atoms with van der Waals surface area (Å²) in [6, 6.07) is 9.37. The monoisotopic (exact) mass is 464 g/mol. The predicted octanol–water partition coefficient (Wildman–Crippen LogP) is 5.76. The Morgan fingerprint density at radius 1 is 0.750 bits per heavy atom. The van der Waals surface area contributed by atoms with Crippen molar-refractivity contribution in [2.75, 3.05) is 19.8 Å². The molecule has 0 N–H and O–H groups in total. The molecule has 0 amide bonds. The third-order valence-electron chi connectivity index (χ3n) is 3.79. The Kier molecular flexibility index (Phi) is 12.2. The highest BCUT2D eigenvalue weighted by atomic mass is 127. The lowest BCUT2D eigenvalue weighted by atomic mass is 10.2. The van der Waals surface area contributed by atoms with E-state index in [-0.39, 0.29) is 0 Å². The topological polar surface area (TPSA) is 27.7 Å². The summed E-state index contributed by atoms with van der Waals surface area (Å²) in [5.74, 6) is 0. The molecule has 0 heterocycles. The quantitative estimate of drug-likeness (QED) is 0.199. The van der Waals surface area contributed by atoms with E-state index in [2.05, 4.69) is 67.6 Å². The van der Waals surface area contributed by atoms with Gasteiger partial charge in [-0.15, -0.1) is 0 Å². The highest BCUT2D eigenvalue weighted by Gasteiger charge is 2.41. The molecule has 138 valence electrons. The van der Waals surface area contributed by atoms with E-state index in [1.165, 1.54) is 9.13 Å². The van der Waals surface area contributed by atoms with Crippen molar-refractivity contribution in [1.82, 2.24) is 0 Å². The maximum atomic E-state index is 6.29. The van der Waals surface area contributed by atoms with Gasteiger partial charge in [0.05, 0.1) is 0 Å². The first-order valence-electron chi connectivity index (χ1n) is 9.32. The molecule has 1 aromatic carbocycles. The molecule has 0 aliphatic carbocycles. The highest BCUT2D eigenvalue weighted by Crippen LogP contribution is 2.20. The van der Waals surface area contributed by atoms with Crippen LogP contribution in [0.2, 0.25) is 0 Å². The first-order valence-corrected chi connectivity index (χ1v) is 12.3. The van der Waals surface area contributed by atoms with Crippen LogP contribution in [-0.2, 0) is 19.3 Å². The summed E-state index contributed by atoms with van der Waals surface area (Å²) in [7, 11) is -2.67. The van der Waals surface area contributed by atoms with Gasteiger partial charge in [0.25, 0.3) is 0 Å². The second-order valence-corrected chi connectivity index (χ2v) is 9.92. The maximum Gasteiger partial charge on any atom is 0.505 e. The second kappa shape index (κ2) is 13.3. The van der Waals surface area contributed by atoms with Gasteiger partial charge in [0.2, 0.25) is 0 Å². The fourth-order valence-electron chi connectivity index (χ4n) is 2.25. The summed E-state index contributed by atoms with van der Waals surface area (Å²) in [6.07, 6.45) is 6.52. The summed E-state index contributed by atoms with van der Waals surface area (Å²) in [6.45, 7) is 8.73. The minimum Gasteiger partial charge on any atom is -0.373 e. The lowest BCUT2D eigenvalue weighted by molar-refractivity contribution is 0.0554. The zero-order chi connectivity index (χ0) is 17.7. The van der Waals surface area contributed by atoms with Crippen LogP contribution in [0.15, 0.2) is 24.3 Å². The Morgan fingerprint density at radius 2 is 1.17 bits per heavy atom. The minimum atomic E-state index is -2.67. The van der Waals surface area contributed by atoms with Crippen molar-refractivity contribution in [3.05, 3.63) is 33.4 Å². The van der Waals surface area contributed by atoms with Crippen molar-refractivity contribution >= 4 is 31.4 Å². The van der Waals surface area contributed by atoms with Gasteiger partial charge in [0.15, 0.2) is 0 Å². The first-order chi connectivity index (χ1) is 11.7. The van der Waals surface area contributed by atoms with Crippen molar-refractivity contribution in [3.63, 3.8) is 0 Å². The smallest absolute Gasteiger partial charge is 0.373 e. The summed E-state index contributed by atoms with van der Waals surface area (Å²) in [5.41, 5.74) is 1.24. The van der Waals surface area contributed by atoms with Crippen LogP contribution in [0.4, 0.5) is 0 Å². The van der Waals surface area contributed by atoms with Crippen LogP contribution in [-0.4, -0.2) is 28.6 Å². The van der Waals surface area contributed by atoms with E-state index < -0.39 is 8.80 Å². The van der Waals surface area contributed by atoms with E-state index in [0.29, 0.717) is 0 Å². The zero-order valence-electron chi connectivity index (χ0n) is 15.5. The average Bonchev–Trinajstić information content (AvgIpc) is 2.58. The molecular weight excluding hydrogens is 431 g/mol. The molecule has 0 fully saturated rings. The molecule has 0 aliphatic heterocycles. The second-order valence-electron chi connectivity index (χ2n) is 6.09. The van der Waals surface area contributed by atoms with E-state index in [9.17, 15) is 0 Å². The van der Waals surface area contributed by atoms with Crippen LogP contribution in [0.3, 0.4) is 0 Å². The molecular formula is C19H33IO3Si. The van der Waals surface area contributed by atoms with Crippen LogP contribution in [0, 0.1) is 3.57 Å². The van der Waals surface area contributed by atoms with E-state index in [1.807, 2.05) is 0 Å². The molecule has 0 aromatic heterocycles.